The van der Waals surface area contributed by atoms with Crippen LogP contribution in [0.1, 0.15) is 18.1 Å². The molecule has 0 aromatic heterocycles. The summed E-state index contributed by atoms with van der Waals surface area (Å²) in [6.07, 6.45) is 4.24. The molecule has 0 saturated carbocycles. The molecule has 0 nitrogen and oxygen atoms in total. The number of benzene rings is 4. The molecule has 4 rings (SSSR count). The molecule has 0 fully saturated rings. The van der Waals surface area contributed by atoms with E-state index in [1.807, 2.05) is 0 Å². The molecule has 0 radical (unpaired) electrons. The van der Waals surface area contributed by atoms with E-state index in [-0.39, 0.29) is 0 Å². The van der Waals surface area contributed by atoms with Gasteiger partial charge in [-0.1, -0.05) is 76.6 Å². The minimum atomic E-state index is 1.12. The van der Waals surface area contributed by atoms with Gasteiger partial charge in [-0.3, -0.25) is 0 Å². The first-order valence-electron chi connectivity index (χ1n) is 8.51. The Morgan fingerprint density at radius 1 is 0.720 bits per heavy atom. The highest BCUT2D eigenvalue weighted by Gasteiger charge is 2.05. The number of fused-ring (bicyclic) bond motifs is 3. The summed E-state index contributed by atoms with van der Waals surface area (Å²) in [6, 6.07) is 24.3. The van der Waals surface area contributed by atoms with Crippen LogP contribution in [0, 0.1) is 6.92 Å². The lowest BCUT2D eigenvalue weighted by atomic mass is 9.95. The summed E-state index contributed by atoms with van der Waals surface area (Å²) in [7, 11) is 0. The molecule has 0 spiro atoms. The summed E-state index contributed by atoms with van der Waals surface area (Å²) < 4.78 is 1.12. The van der Waals surface area contributed by atoms with E-state index >= 15 is 0 Å². The maximum absolute atomic E-state index is 3.56. The second-order valence-corrected chi connectivity index (χ2v) is 7.35. The van der Waals surface area contributed by atoms with Crippen molar-refractivity contribution in [2.45, 2.75) is 13.8 Å². The number of hydrogen-bond donors (Lipinski definition) is 0. The fraction of sp³-hybridized carbons (Fsp3) is 0.0833. The molecule has 0 aliphatic heterocycles. The third-order valence-electron chi connectivity index (χ3n) is 4.75. The summed E-state index contributed by atoms with van der Waals surface area (Å²) in [4.78, 5) is 0. The van der Waals surface area contributed by atoms with Gasteiger partial charge in [0.25, 0.3) is 0 Å². The zero-order chi connectivity index (χ0) is 17.4. The standard InChI is InChI=1S/C24H19Br/c1-3-4-17-5-6-18(13-16(17)2)19-9-11-23-20(14-19)7-8-21-15-22(25)10-12-24(21)23/h3-15H,1-2H3/b4-3-. The summed E-state index contributed by atoms with van der Waals surface area (Å²) >= 11 is 3.56. The van der Waals surface area contributed by atoms with Crippen molar-refractivity contribution in [3.05, 3.63) is 88.4 Å². The lowest BCUT2D eigenvalue weighted by Gasteiger charge is -2.09. The third kappa shape index (κ3) is 3.01. The summed E-state index contributed by atoms with van der Waals surface area (Å²) in [5, 5.41) is 5.14. The third-order valence-corrected chi connectivity index (χ3v) is 5.24. The van der Waals surface area contributed by atoms with Gasteiger partial charge in [-0.05, 0) is 75.8 Å². The SMILES string of the molecule is C/C=C\c1ccc(-c2ccc3c(ccc4cc(Br)ccc43)c2)cc1C. The van der Waals surface area contributed by atoms with Crippen LogP contribution < -0.4 is 0 Å². The number of allylic oxidation sites excluding steroid dienone is 1. The number of rotatable bonds is 2. The number of halogens is 1. The van der Waals surface area contributed by atoms with Crippen LogP contribution in [0.15, 0.2) is 77.3 Å². The Balaban J connectivity index is 1.85. The lowest BCUT2D eigenvalue weighted by Crippen LogP contribution is -1.85. The quantitative estimate of drug-likeness (QED) is 0.308. The van der Waals surface area contributed by atoms with Crippen LogP contribution in [-0.2, 0) is 0 Å². The number of aryl methyl sites for hydroxylation is 1. The molecular weight excluding hydrogens is 368 g/mol. The average Bonchev–Trinajstić information content (AvgIpc) is 2.62. The largest absolute Gasteiger partial charge is 0.0871 e. The van der Waals surface area contributed by atoms with E-state index in [1.54, 1.807) is 0 Å². The molecule has 4 aromatic carbocycles. The van der Waals surface area contributed by atoms with Crippen LogP contribution in [0.4, 0.5) is 0 Å². The van der Waals surface area contributed by atoms with Gasteiger partial charge >= 0.3 is 0 Å². The Morgan fingerprint density at radius 3 is 2.08 bits per heavy atom. The molecule has 0 heterocycles. The van der Waals surface area contributed by atoms with Gasteiger partial charge in [0.15, 0.2) is 0 Å². The van der Waals surface area contributed by atoms with Crippen molar-refractivity contribution in [1.82, 2.24) is 0 Å². The molecule has 1 heteroatoms. The normalized spacial score (nSPS) is 11.6. The molecule has 0 aliphatic rings. The van der Waals surface area contributed by atoms with Crippen molar-refractivity contribution in [2.24, 2.45) is 0 Å². The van der Waals surface area contributed by atoms with E-state index in [2.05, 4.69) is 109 Å². The fourth-order valence-electron chi connectivity index (χ4n) is 3.44. The van der Waals surface area contributed by atoms with E-state index < -0.39 is 0 Å². The van der Waals surface area contributed by atoms with Crippen molar-refractivity contribution in [2.75, 3.05) is 0 Å². The van der Waals surface area contributed by atoms with Gasteiger partial charge in [-0.15, -0.1) is 0 Å². The van der Waals surface area contributed by atoms with Crippen LogP contribution in [0.2, 0.25) is 0 Å². The Labute approximate surface area is 156 Å². The van der Waals surface area contributed by atoms with Crippen LogP contribution in [0.25, 0.3) is 38.7 Å². The Bertz CT molecular complexity index is 1120. The maximum Gasteiger partial charge on any atom is 0.0181 e. The molecule has 0 bridgehead atoms. The van der Waals surface area contributed by atoms with Gasteiger partial charge in [0, 0.05) is 4.47 Å². The van der Waals surface area contributed by atoms with Crippen LogP contribution in [0.3, 0.4) is 0 Å². The van der Waals surface area contributed by atoms with Crippen LogP contribution >= 0.6 is 15.9 Å². The van der Waals surface area contributed by atoms with Gasteiger partial charge < -0.3 is 0 Å². The first-order valence-corrected chi connectivity index (χ1v) is 9.31. The molecule has 25 heavy (non-hydrogen) atoms. The van der Waals surface area contributed by atoms with Gasteiger partial charge in [-0.25, -0.2) is 0 Å². The molecule has 0 saturated heterocycles. The number of hydrogen-bond acceptors (Lipinski definition) is 0. The maximum atomic E-state index is 3.56. The first kappa shape index (κ1) is 16.1. The highest BCUT2D eigenvalue weighted by Crippen LogP contribution is 2.31. The summed E-state index contributed by atoms with van der Waals surface area (Å²) in [6.45, 7) is 4.23. The Hall–Kier alpha value is -2.38. The topological polar surface area (TPSA) is 0 Å². The summed E-state index contributed by atoms with van der Waals surface area (Å²) in [5.41, 5.74) is 5.12. The molecule has 0 amide bonds. The highest BCUT2D eigenvalue weighted by atomic mass is 79.9. The molecule has 0 aliphatic carbocycles. The average molecular weight is 387 g/mol. The molecular formula is C24H19Br. The predicted molar refractivity (Wildman–Crippen MR) is 114 cm³/mol. The zero-order valence-electron chi connectivity index (χ0n) is 14.4. The van der Waals surface area contributed by atoms with Crippen molar-refractivity contribution in [1.29, 1.82) is 0 Å². The highest BCUT2D eigenvalue weighted by molar-refractivity contribution is 9.10. The molecule has 4 aromatic rings. The van der Waals surface area contributed by atoms with Crippen molar-refractivity contribution in [3.63, 3.8) is 0 Å². The van der Waals surface area contributed by atoms with Crippen LogP contribution in [-0.4, -0.2) is 0 Å². The van der Waals surface area contributed by atoms with Gasteiger partial charge in [0.1, 0.15) is 0 Å². The molecule has 0 N–H and O–H groups in total. The van der Waals surface area contributed by atoms with Crippen molar-refractivity contribution in [3.8, 4) is 11.1 Å². The van der Waals surface area contributed by atoms with E-state index in [1.165, 1.54) is 43.8 Å². The second-order valence-electron chi connectivity index (χ2n) is 6.44. The minimum Gasteiger partial charge on any atom is -0.0871 e. The Morgan fingerprint density at radius 2 is 1.36 bits per heavy atom. The molecule has 0 unspecified atom stereocenters. The Kier molecular flexibility index (Phi) is 4.19. The van der Waals surface area contributed by atoms with Crippen molar-refractivity contribution >= 4 is 43.6 Å². The predicted octanol–water partition coefficient (Wildman–Crippen LogP) is 7.76. The van der Waals surface area contributed by atoms with E-state index in [4.69, 9.17) is 0 Å². The minimum absolute atomic E-state index is 1.12. The zero-order valence-corrected chi connectivity index (χ0v) is 16.0. The van der Waals surface area contributed by atoms with Gasteiger partial charge in [0.2, 0.25) is 0 Å². The van der Waals surface area contributed by atoms with E-state index in [0.717, 1.165) is 4.47 Å². The van der Waals surface area contributed by atoms with E-state index in [0.29, 0.717) is 0 Å². The summed E-state index contributed by atoms with van der Waals surface area (Å²) in [5.74, 6) is 0. The van der Waals surface area contributed by atoms with Gasteiger partial charge in [-0.2, -0.15) is 0 Å². The lowest BCUT2D eigenvalue weighted by molar-refractivity contribution is 1.44. The fourth-order valence-corrected chi connectivity index (χ4v) is 3.82. The second kappa shape index (κ2) is 6.50. The molecule has 0 atom stereocenters. The van der Waals surface area contributed by atoms with Crippen LogP contribution in [0.5, 0.6) is 0 Å². The van der Waals surface area contributed by atoms with Gasteiger partial charge in [0.05, 0.1) is 0 Å². The first-order chi connectivity index (χ1) is 12.2. The van der Waals surface area contributed by atoms with Crippen molar-refractivity contribution < 1.29 is 0 Å². The van der Waals surface area contributed by atoms with E-state index in [9.17, 15) is 0 Å². The smallest absolute Gasteiger partial charge is 0.0181 e. The molecule has 122 valence electrons. The monoisotopic (exact) mass is 386 g/mol.